The molecule has 4 rings (SSSR count). The smallest absolute Gasteiger partial charge is 0.433 e. The maximum absolute atomic E-state index is 13.0. The summed E-state index contributed by atoms with van der Waals surface area (Å²) in [5, 5.41) is 10.0. The molecule has 2 fully saturated rings. The second kappa shape index (κ2) is 6.43. The predicted octanol–water partition coefficient (Wildman–Crippen LogP) is 2.49. The van der Waals surface area contributed by atoms with Gasteiger partial charge in [0, 0.05) is 24.7 Å². The van der Waals surface area contributed by atoms with Crippen molar-refractivity contribution in [2.75, 3.05) is 13.2 Å². The zero-order valence-electron chi connectivity index (χ0n) is 15.6. The molecule has 9 heteroatoms. The molecule has 1 aliphatic heterocycles. The Morgan fingerprint density at radius 1 is 1.26 bits per heavy atom. The Kier molecular flexibility index (Phi) is 4.44. The molecule has 1 N–H and O–H groups in total. The fourth-order valence-corrected chi connectivity index (χ4v) is 3.79. The number of alkyl halides is 2. The van der Waals surface area contributed by atoms with Crippen LogP contribution in [0, 0.1) is 5.41 Å². The van der Waals surface area contributed by atoms with Gasteiger partial charge in [0.2, 0.25) is 0 Å². The lowest BCUT2D eigenvalue weighted by molar-refractivity contribution is -0.0539. The number of rotatable bonds is 4. The van der Waals surface area contributed by atoms with Gasteiger partial charge in [0.05, 0.1) is 17.4 Å². The SMILES string of the molecule is CC1(C)COB(c2cc(OC(F)F)c3c(c2)ncn3C2CC(C)(O)C2)OC1. The minimum atomic E-state index is -2.96. The van der Waals surface area contributed by atoms with Crippen LogP contribution in [-0.4, -0.2) is 47.2 Å². The van der Waals surface area contributed by atoms with Gasteiger partial charge in [0.1, 0.15) is 5.52 Å². The first-order valence-corrected chi connectivity index (χ1v) is 9.04. The molecule has 0 amide bonds. The normalized spacial score (nSPS) is 27.8. The number of aromatic nitrogens is 2. The molecule has 2 heterocycles. The lowest BCUT2D eigenvalue weighted by atomic mass is 9.75. The van der Waals surface area contributed by atoms with E-state index in [2.05, 4.69) is 4.98 Å². The summed E-state index contributed by atoms with van der Waals surface area (Å²) >= 11 is 0. The van der Waals surface area contributed by atoms with Crippen molar-refractivity contribution in [2.24, 2.45) is 5.41 Å². The quantitative estimate of drug-likeness (QED) is 0.826. The number of hydrogen-bond donors (Lipinski definition) is 1. The van der Waals surface area contributed by atoms with Crippen molar-refractivity contribution in [3.8, 4) is 5.75 Å². The van der Waals surface area contributed by atoms with Crippen molar-refractivity contribution in [3.63, 3.8) is 0 Å². The zero-order valence-corrected chi connectivity index (χ0v) is 15.6. The molecule has 27 heavy (non-hydrogen) atoms. The number of nitrogens with zero attached hydrogens (tertiary/aromatic N) is 2. The van der Waals surface area contributed by atoms with E-state index in [9.17, 15) is 13.9 Å². The molecule has 1 aromatic heterocycles. The van der Waals surface area contributed by atoms with Gasteiger partial charge in [-0.1, -0.05) is 13.8 Å². The summed E-state index contributed by atoms with van der Waals surface area (Å²) in [7, 11) is -0.642. The lowest BCUT2D eigenvalue weighted by Crippen LogP contribution is -2.47. The number of hydrogen-bond acceptors (Lipinski definition) is 5. The molecular formula is C18H23BF2N2O4. The first kappa shape index (κ1) is 18.6. The summed E-state index contributed by atoms with van der Waals surface area (Å²) in [4.78, 5) is 4.37. The number of ether oxygens (including phenoxy) is 1. The molecule has 1 saturated heterocycles. The fourth-order valence-electron chi connectivity index (χ4n) is 3.79. The van der Waals surface area contributed by atoms with Crippen molar-refractivity contribution in [1.82, 2.24) is 9.55 Å². The summed E-state index contributed by atoms with van der Waals surface area (Å²) in [5.74, 6) is 0.0403. The number of aliphatic hydroxyl groups is 1. The molecular weight excluding hydrogens is 357 g/mol. The number of halogens is 2. The molecule has 0 spiro atoms. The molecule has 0 bridgehead atoms. The van der Waals surface area contributed by atoms with Crippen LogP contribution in [0.15, 0.2) is 18.5 Å². The highest BCUT2D eigenvalue weighted by molar-refractivity contribution is 6.61. The second-order valence-electron chi connectivity index (χ2n) is 8.59. The minimum Gasteiger partial charge on any atom is -0.433 e. The maximum Gasteiger partial charge on any atom is 0.494 e. The highest BCUT2D eigenvalue weighted by Gasteiger charge is 2.41. The molecule has 2 aromatic rings. The molecule has 1 saturated carbocycles. The van der Waals surface area contributed by atoms with Crippen LogP contribution < -0.4 is 10.2 Å². The van der Waals surface area contributed by atoms with Crippen LogP contribution >= 0.6 is 0 Å². The standard InChI is InChI=1S/C18H23BF2N2O4/c1-17(2)8-25-19(26-9-17)11-4-13-15(14(5-11)27-16(20)21)23(10-22-13)12-6-18(3,24)7-12/h4-5,10,12,16,24H,6-9H2,1-3H3. The van der Waals surface area contributed by atoms with Crippen molar-refractivity contribution < 1.29 is 27.9 Å². The Hall–Kier alpha value is -1.71. The first-order valence-electron chi connectivity index (χ1n) is 9.04. The average Bonchev–Trinajstić information content (AvgIpc) is 2.95. The van der Waals surface area contributed by atoms with Crippen molar-refractivity contribution >= 4 is 23.6 Å². The molecule has 2 aliphatic rings. The topological polar surface area (TPSA) is 65.7 Å². The lowest BCUT2D eigenvalue weighted by Gasteiger charge is -2.41. The summed E-state index contributed by atoms with van der Waals surface area (Å²) in [5.41, 5.74) is 0.801. The Morgan fingerprint density at radius 2 is 1.93 bits per heavy atom. The fraction of sp³-hybridized carbons (Fsp3) is 0.611. The van der Waals surface area contributed by atoms with Crippen molar-refractivity contribution in [2.45, 2.75) is 51.9 Å². The number of fused-ring (bicyclic) bond motifs is 1. The van der Waals surface area contributed by atoms with Crippen molar-refractivity contribution in [3.05, 3.63) is 18.5 Å². The number of benzene rings is 1. The van der Waals surface area contributed by atoms with Crippen LogP contribution in [0.5, 0.6) is 5.75 Å². The first-order chi connectivity index (χ1) is 12.6. The van der Waals surface area contributed by atoms with E-state index >= 15 is 0 Å². The van der Waals surface area contributed by atoms with E-state index in [0.717, 1.165) is 0 Å². The molecule has 0 atom stereocenters. The van der Waals surface area contributed by atoms with E-state index in [0.29, 0.717) is 42.6 Å². The van der Waals surface area contributed by atoms with Gasteiger partial charge in [0.25, 0.3) is 0 Å². The third-order valence-electron chi connectivity index (χ3n) is 5.14. The molecule has 0 radical (unpaired) electrons. The third-order valence-corrected chi connectivity index (χ3v) is 5.14. The Labute approximate surface area is 156 Å². The van der Waals surface area contributed by atoms with Gasteiger partial charge in [-0.15, -0.1) is 0 Å². The largest absolute Gasteiger partial charge is 0.494 e. The third kappa shape index (κ3) is 3.68. The highest BCUT2D eigenvalue weighted by atomic mass is 19.3. The predicted molar refractivity (Wildman–Crippen MR) is 96.3 cm³/mol. The summed E-state index contributed by atoms with van der Waals surface area (Å²) in [6.07, 6.45) is 2.69. The molecule has 1 aliphatic carbocycles. The van der Waals surface area contributed by atoms with Crippen LogP contribution in [0.2, 0.25) is 0 Å². The Balaban J connectivity index is 1.69. The maximum atomic E-state index is 13.0. The van der Waals surface area contributed by atoms with Gasteiger partial charge >= 0.3 is 13.7 Å². The number of imidazole rings is 1. The molecule has 6 nitrogen and oxygen atoms in total. The van der Waals surface area contributed by atoms with E-state index in [1.54, 1.807) is 23.9 Å². The Morgan fingerprint density at radius 3 is 2.52 bits per heavy atom. The van der Waals surface area contributed by atoms with Gasteiger partial charge in [-0.25, -0.2) is 4.98 Å². The van der Waals surface area contributed by atoms with Crippen LogP contribution in [0.25, 0.3) is 11.0 Å². The average molecular weight is 380 g/mol. The van der Waals surface area contributed by atoms with Gasteiger partial charge in [0.15, 0.2) is 5.75 Å². The second-order valence-corrected chi connectivity index (χ2v) is 8.59. The molecule has 146 valence electrons. The van der Waals surface area contributed by atoms with Crippen LogP contribution in [0.3, 0.4) is 0 Å². The zero-order chi connectivity index (χ0) is 19.4. The molecule has 0 unspecified atom stereocenters. The minimum absolute atomic E-state index is 0.00106. The van der Waals surface area contributed by atoms with Gasteiger partial charge in [-0.2, -0.15) is 8.78 Å². The van der Waals surface area contributed by atoms with Crippen LogP contribution in [0.4, 0.5) is 8.78 Å². The van der Waals surface area contributed by atoms with Crippen LogP contribution in [0.1, 0.15) is 39.7 Å². The van der Waals surface area contributed by atoms with Crippen LogP contribution in [-0.2, 0) is 9.31 Å². The van der Waals surface area contributed by atoms with Gasteiger partial charge < -0.3 is 23.7 Å². The van der Waals surface area contributed by atoms with E-state index in [4.69, 9.17) is 14.0 Å². The summed E-state index contributed by atoms with van der Waals surface area (Å²) < 4.78 is 44.2. The monoisotopic (exact) mass is 380 g/mol. The van der Waals surface area contributed by atoms with E-state index < -0.39 is 19.3 Å². The van der Waals surface area contributed by atoms with Gasteiger partial charge in [-0.3, -0.25) is 0 Å². The highest BCUT2D eigenvalue weighted by Crippen LogP contribution is 2.43. The van der Waals surface area contributed by atoms with E-state index in [1.807, 2.05) is 13.8 Å². The molecule has 1 aromatic carbocycles. The van der Waals surface area contributed by atoms with E-state index in [-0.39, 0.29) is 17.2 Å². The summed E-state index contributed by atoms with van der Waals surface area (Å²) in [6, 6.07) is 3.31. The van der Waals surface area contributed by atoms with Gasteiger partial charge in [-0.05, 0) is 37.4 Å². The Bertz CT molecular complexity index is 837. The van der Waals surface area contributed by atoms with Crippen molar-refractivity contribution in [1.29, 1.82) is 0 Å². The van der Waals surface area contributed by atoms with E-state index in [1.165, 1.54) is 6.07 Å². The summed E-state index contributed by atoms with van der Waals surface area (Å²) in [6.45, 7) is 3.89.